The van der Waals surface area contributed by atoms with Crippen LogP contribution in [0.2, 0.25) is 0 Å². The fourth-order valence-electron chi connectivity index (χ4n) is 1.06. The zero-order valence-corrected chi connectivity index (χ0v) is 12.9. The number of hydrogen-bond acceptors (Lipinski definition) is 3. The Morgan fingerprint density at radius 2 is 2.12 bits per heavy atom. The third-order valence-corrected chi connectivity index (χ3v) is 4.26. The molecule has 0 aliphatic heterocycles. The van der Waals surface area contributed by atoms with Crippen LogP contribution in [0.5, 0.6) is 0 Å². The van der Waals surface area contributed by atoms with Crippen LogP contribution >= 0.6 is 24.0 Å². The average molecular weight is 282 g/mol. The minimum Gasteiger partial charge on any atom is -0.371 e. The maximum Gasteiger partial charge on any atom is 0.133 e. The van der Waals surface area contributed by atoms with Crippen LogP contribution in [0.1, 0.15) is 33.1 Å². The highest BCUT2D eigenvalue weighted by atomic mass is 32.2. The molecule has 0 heterocycles. The van der Waals surface area contributed by atoms with Crippen LogP contribution in [0.3, 0.4) is 0 Å². The van der Waals surface area contributed by atoms with E-state index in [9.17, 15) is 4.21 Å². The van der Waals surface area contributed by atoms with Gasteiger partial charge in [0, 0.05) is 35.1 Å². The lowest BCUT2D eigenvalue weighted by molar-refractivity contribution is 0.632. The summed E-state index contributed by atoms with van der Waals surface area (Å²) in [6.45, 7) is 5.36. The number of thioether (sulfide) groups is 1. The van der Waals surface area contributed by atoms with E-state index in [1.54, 1.807) is 18.0 Å². The zero-order chi connectivity index (χ0) is 12.4. The van der Waals surface area contributed by atoms with Gasteiger partial charge in [0.05, 0.1) is 0 Å². The largest absolute Gasteiger partial charge is 0.371 e. The first-order chi connectivity index (χ1) is 7.52. The van der Waals surface area contributed by atoms with Crippen LogP contribution in [-0.4, -0.2) is 32.8 Å². The molecule has 0 spiro atoms. The van der Waals surface area contributed by atoms with Crippen molar-refractivity contribution in [2.75, 3.05) is 24.3 Å². The van der Waals surface area contributed by atoms with Gasteiger partial charge < -0.3 is 5.32 Å². The minimum atomic E-state index is -0.656. The number of unbranched alkanes of at least 4 members (excludes halogenated alkanes) is 1. The summed E-state index contributed by atoms with van der Waals surface area (Å²) in [7, 11) is -0.656. The number of thiocarbonyl (C=S) groups is 1. The van der Waals surface area contributed by atoms with Crippen LogP contribution in [0.15, 0.2) is 0 Å². The molecule has 0 aromatic heterocycles. The van der Waals surface area contributed by atoms with Crippen molar-refractivity contribution in [3.63, 3.8) is 0 Å². The highest BCUT2D eigenvalue weighted by Gasteiger charge is 1.99. The Balaban J connectivity index is 3.27. The van der Waals surface area contributed by atoms with Gasteiger partial charge in [-0.05, 0) is 25.2 Å². The SMILES string of the molecule is CC(C)CCSC(=S)NCCCCS(C)=O. The molecule has 0 aromatic carbocycles. The summed E-state index contributed by atoms with van der Waals surface area (Å²) in [5.41, 5.74) is 0. The van der Waals surface area contributed by atoms with E-state index >= 15 is 0 Å². The molecule has 1 atom stereocenters. The van der Waals surface area contributed by atoms with Crippen molar-refractivity contribution >= 4 is 39.1 Å². The lowest BCUT2D eigenvalue weighted by Crippen LogP contribution is -2.20. The topological polar surface area (TPSA) is 29.1 Å². The minimum absolute atomic E-state index is 0.656. The van der Waals surface area contributed by atoms with Crippen molar-refractivity contribution in [1.29, 1.82) is 0 Å². The van der Waals surface area contributed by atoms with Gasteiger partial charge in [-0.25, -0.2) is 0 Å². The fraction of sp³-hybridized carbons (Fsp3) is 0.909. The molecule has 1 N–H and O–H groups in total. The molecule has 0 rings (SSSR count). The number of nitrogens with one attached hydrogen (secondary N) is 1. The van der Waals surface area contributed by atoms with Crippen LogP contribution < -0.4 is 5.32 Å². The Morgan fingerprint density at radius 3 is 2.69 bits per heavy atom. The van der Waals surface area contributed by atoms with Crippen molar-refractivity contribution in [3.8, 4) is 0 Å². The Bertz CT molecular complexity index is 219. The molecule has 0 fully saturated rings. The second-order valence-electron chi connectivity index (χ2n) is 4.23. The highest BCUT2D eigenvalue weighted by Crippen LogP contribution is 2.09. The molecule has 2 nitrogen and oxygen atoms in total. The van der Waals surface area contributed by atoms with E-state index in [1.807, 2.05) is 0 Å². The molecular formula is C11H23NOS3. The van der Waals surface area contributed by atoms with E-state index in [4.69, 9.17) is 12.2 Å². The van der Waals surface area contributed by atoms with Crippen LogP contribution in [0.4, 0.5) is 0 Å². The van der Waals surface area contributed by atoms with Gasteiger partial charge in [0.25, 0.3) is 0 Å². The maximum atomic E-state index is 10.8. The second-order valence-corrected chi connectivity index (χ2v) is 7.56. The molecule has 96 valence electrons. The standard InChI is InChI=1S/C11H23NOS3/c1-10(2)6-8-15-11(14)12-7-4-5-9-16(3)13/h10H,4-9H2,1-3H3,(H,12,14). The van der Waals surface area contributed by atoms with Crippen molar-refractivity contribution in [1.82, 2.24) is 5.32 Å². The normalized spacial score (nSPS) is 12.8. The molecule has 0 radical (unpaired) electrons. The first-order valence-corrected chi connectivity index (χ1v) is 8.85. The monoisotopic (exact) mass is 281 g/mol. The van der Waals surface area contributed by atoms with E-state index in [0.29, 0.717) is 0 Å². The molecule has 0 aliphatic rings. The third kappa shape index (κ3) is 12.5. The van der Waals surface area contributed by atoms with Gasteiger partial charge in [0.2, 0.25) is 0 Å². The molecule has 0 bridgehead atoms. The van der Waals surface area contributed by atoms with Gasteiger partial charge in [-0.15, -0.1) is 0 Å². The maximum absolute atomic E-state index is 10.8. The predicted molar refractivity (Wildman–Crippen MR) is 80.7 cm³/mol. The summed E-state index contributed by atoms with van der Waals surface area (Å²) >= 11 is 6.93. The molecule has 0 saturated heterocycles. The van der Waals surface area contributed by atoms with Gasteiger partial charge in [0.1, 0.15) is 4.32 Å². The van der Waals surface area contributed by atoms with Gasteiger partial charge in [-0.2, -0.15) is 0 Å². The summed E-state index contributed by atoms with van der Waals surface area (Å²) in [4.78, 5) is 0. The lowest BCUT2D eigenvalue weighted by atomic mass is 10.2. The number of rotatable bonds is 8. The van der Waals surface area contributed by atoms with E-state index in [0.717, 1.165) is 41.1 Å². The predicted octanol–water partition coefficient (Wildman–Crippen LogP) is 2.80. The molecule has 5 heteroatoms. The van der Waals surface area contributed by atoms with E-state index in [2.05, 4.69) is 19.2 Å². The molecule has 0 amide bonds. The highest BCUT2D eigenvalue weighted by molar-refractivity contribution is 8.22. The van der Waals surface area contributed by atoms with Gasteiger partial charge in [0.15, 0.2) is 0 Å². The molecule has 0 aliphatic carbocycles. The van der Waals surface area contributed by atoms with Crippen molar-refractivity contribution in [2.24, 2.45) is 5.92 Å². The average Bonchev–Trinajstić information content (AvgIpc) is 2.16. The van der Waals surface area contributed by atoms with Crippen molar-refractivity contribution in [2.45, 2.75) is 33.1 Å². The Hall–Kier alpha value is 0.390. The first kappa shape index (κ1) is 16.4. The molecule has 1 unspecified atom stereocenters. The fourth-order valence-corrected chi connectivity index (χ4v) is 3.00. The van der Waals surface area contributed by atoms with Crippen LogP contribution in [0.25, 0.3) is 0 Å². The summed E-state index contributed by atoms with van der Waals surface area (Å²) < 4.78 is 11.7. The van der Waals surface area contributed by atoms with E-state index in [1.165, 1.54) is 6.42 Å². The number of hydrogen-bond donors (Lipinski definition) is 1. The summed E-state index contributed by atoms with van der Waals surface area (Å²) in [6, 6.07) is 0. The summed E-state index contributed by atoms with van der Waals surface area (Å²) in [6.07, 6.45) is 5.01. The van der Waals surface area contributed by atoms with Gasteiger partial charge in [-0.1, -0.05) is 37.8 Å². The summed E-state index contributed by atoms with van der Waals surface area (Å²) in [5, 5.41) is 3.23. The van der Waals surface area contributed by atoms with E-state index < -0.39 is 10.8 Å². The van der Waals surface area contributed by atoms with Crippen molar-refractivity contribution in [3.05, 3.63) is 0 Å². The zero-order valence-electron chi connectivity index (χ0n) is 10.5. The lowest BCUT2D eigenvalue weighted by Gasteiger charge is -2.08. The molecule has 0 saturated carbocycles. The molecular weight excluding hydrogens is 258 g/mol. The Kier molecular flexibility index (Phi) is 10.8. The van der Waals surface area contributed by atoms with E-state index in [-0.39, 0.29) is 0 Å². The third-order valence-electron chi connectivity index (χ3n) is 2.06. The smallest absolute Gasteiger partial charge is 0.133 e. The van der Waals surface area contributed by atoms with Gasteiger partial charge in [-0.3, -0.25) is 4.21 Å². The Labute approximate surface area is 112 Å². The second kappa shape index (κ2) is 10.5. The summed E-state index contributed by atoms with van der Waals surface area (Å²) in [5.74, 6) is 2.65. The van der Waals surface area contributed by atoms with Crippen LogP contribution in [0, 0.1) is 5.92 Å². The van der Waals surface area contributed by atoms with Crippen molar-refractivity contribution < 1.29 is 4.21 Å². The quantitative estimate of drug-likeness (QED) is 0.547. The molecule has 0 aromatic rings. The molecule has 16 heavy (non-hydrogen) atoms. The first-order valence-electron chi connectivity index (χ1n) is 5.73. The van der Waals surface area contributed by atoms with Crippen LogP contribution in [-0.2, 0) is 10.8 Å². The van der Waals surface area contributed by atoms with Gasteiger partial charge >= 0.3 is 0 Å². The Morgan fingerprint density at radius 1 is 1.44 bits per heavy atom.